The van der Waals surface area contributed by atoms with Crippen molar-refractivity contribution in [2.45, 2.75) is 12.8 Å². The molecular weight excluding hydrogens is 223 g/mol. The van der Waals surface area contributed by atoms with Crippen LogP contribution in [0.3, 0.4) is 0 Å². The Morgan fingerprint density at radius 1 is 1.12 bits per heavy atom. The second-order valence-corrected chi connectivity index (χ2v) is 3.67. The zero-order valence-electron chi connectivity index (χ0n) is 9.04. The van der Waals surface area contributed by atoms with Crippen molar-refractivity contribution in [3.8, 4) is 0 Å². The lowest BCUT2D eigenvalue weighted by Gasteiger charge is -2.13. The first kappa shape index (κ1) is 11.3. The Morgan fingerprint density at radius 2 is 1.88 bits per heavy atom. The molecule has 1 aromatic heterocycles. The topological polar surface area (TPSA) is 43.2 Å². The molecule has 1 fully saturated rings. The molecule has 0 bridgehead atoms. The normalized spacial score (nSPS) is 16.2. The van der Waals surface area contributed by atoms with Gasteiger partial charge in [0.15, 0.2) is 0 Å². The Morgan fingerprint density at radius 3 is 2.69 bits per heavy atom. The predicted molar refractivity (Wildman–Crippen MR) is 66.0 cm³/mol. The van der Waals surface area contributed by atoms with Crippen LogP contribution in [0.1, 0.15) is 12.8 Å². The molecule has 0 aliphatic carbocycles. The molecule has 2 heterocycles. The smallest absolute Gasteiger partial charge is 0.133 e. The van der Waals surface area contributed by atoms with Gasteiger partial charge in [-0.1, -0.05) is 17.0 Å². The number of nitrogens with zero attached hydrogens (tertiary/aromatic N) is 4. The molecule has 0 N–H and O–H groups in total. The number of fused-ring (bicyclic) bond motifs is 1. The summed E-state index contributed by atoms with van der Waals surface area (Å²) < 4.78 is 0. The lowest BCUT2D eigenvalue weighted by atomic mass is 10.3. The van der Waals surface area contributed by atoms with Gasteiger partial charge in [0, 0.05) is 13.1 Å². The largest absolute Gasteiger partial charge is 0.296 e. The van der Waals surface area contributed by atoms with E-state index in [0.29, 0.717) is 0 Å². The molecule has 1 aliphatic rings. The summed E-state index contributed by atoms with van der Waals surface area (Å²) in [6.07, 6.45) is 2.37. The quantitative estimate of drug-likeness (QED) is 0.730. The van der Waals surface area contributed by atoms with Gasteiger partial charge in [-0.15, -0.1) is 10.2 Å². The van der Waals surface area contributed by atoms with Gasteiger partial charge in [0.25, 0.3) is 0 Å². The third-order valence-electron chi connectivity index (χ3n) is 2.58. The first-order chi connectivity index (χ1) is 7.43. The molecule has 3 rings (SSSR count). The fourth-order valence-corrected chi connectivity index (χ4v) is 1.79. The van der Waals surface area contributed by atoms with Gasteiger partial charge in [-0.05, 0) is 30.2 Å². The van der Waals surface area contributed by atoms with E-state index in [1.165, 1.54) is 17.7 Å². The molecule has 1 aliphatic heterocycles. The number of aromatic nitrogens is 3. The van der Waals surface area contributed by atoms with Gasteiger partial charge in [-0.3, -0.25) is 4.94 Å². The van der Waals surface area contributed by atoms with Gasteiger partial charge in [0.1, 0.15) is 11.0 Å². The molecule has 0 radical (unpaired) electrons. The van der Waals surface area contributed by atoms with Crippen LogP contribution in [0.5, 0.6) is 0 Å². The molecule has 0 saturated carbocycles. The van der Waals surface area contributed by atoms with Crippen LogP contribution in [0, 0.1) is 0 Å². The molecule has 2 aromatic rings. The van der Waals surface area contributed by atoms with Gasteiger partial charge in [0.2, 0.25) is 0 Å². The lowest BCUT2D eigenvalue weighted by Crippen LogP contribution is -2.31. The highest BCUT2D eigenvalue weighted by Gasteiger charge is 2.15. The van der Waals surface area contributed by atoms with Gasteiger partial charge in [-0.2, -0.15) is 9.90 Å². The van der Waals surface area contributed by atoms with Crippen LogP contribution < -0.4 is 4.94 Å². The molecule has 0 spiro atoms. The highest BCUT2D eigenvalue weighted by atomic mass is 31.0. The van der Waals surface area contributed by atoms with E-state index in [4.69, 9.17) is 4.94 Å². The Hall–Kier alpha value is -1.19. The van der Waals surface area contributed by atoms with E-state index in [-0.39, 0.29) is 9.90 Å². The summed E-state index contributed by atoms with van der Waals surface area (Å²) in [5.41, 5.74) is 1.76. The monoisotopic (exact) mass is 238 g/mol. The number of hydrogen-bond acceptors (Lipinski definition) is 4. The van der Waals surface area contributed by atoms with Gasteiger partial charge in [-0.25, -0.2) is 0 Å². The van der Waals surface area contributed by atoms with Crippen LogP contribution in [-0.4, -0.2) is 33.3 Å². The molecular formula is C10H15N4OP. The number of para-hydroxylation sites is 1. The highest BCUT2D eigenvalue weighted by molar-refractivity contribution is 6.92. The van der Waals surface area contributed by atoms with Crippen molar-refractivity contribution in [1.82, 2.24) is 20.2 Å². The first-order valence-corrected chi connectivity index (χ1v) is 5.17. The van der Waals surface area contributed by atoms with Crippen molar-refractivity contribution in [1.29, 1.82) is 0 Å². The third-order valence-corrected chi connectivity index (χ3v) is 2.58. The zero-order valence-corrected chi connectivity index (χ0v) is 10.5. The Balaban J connectivity index is 0.000000963. The maximum atomic E-state index is 5.60. The maximum absolute atomic E-state index is 5.60. The molecule has 1 atom stereocenters. The summed E-state index contributed by atoms with van der Waals surface area (Å²) in [6.45, 7) is 1.93. The number of benzene rings is 1. The second kappa shape index (κ2) is 4.76. The van der Waals surface area contributed by atoms with Crippen LogP contribution in [0.15, 0.2) is 24.3 Å². The Bertz CT molecular complexity index is 467. The van der Waals surface area contributed by atoms with E-state index in [1.807, 2.05) is 29.3 Å². The van der Waals surface area contributed by atoms with Crippen LogP contribution >= 0.6 is 9.90 Å². The molecule has 86 valence electrons. The highest BCUT2D eigenvalue weighted by Crippen LogP contribution is 2.10. The van der Waals surface area contributed by atoms with Crippen LogP contribution in [0.4, 0.5) is 0 Å². The van der Waals surface area contributed by atoms with E-state index < -0.39 is 0 Å². The number of hydroxylamine groups is 2. The van der Waals surface area contributed by atoms with E-state index in [9.17, 15) is 0 Å². The Labute approximate surface area is 96.9 Å². The van der Waals surface area contributed by atoms with Crippen molar-refractivity contribution >= 4 is 20.9 Å². The fourth-order valence-electron chi connectivity index (χ4n) is 1.79. The molecule has 0 amide bonds. The average molecular weight is 238 g/mol. The van der Waals surface area contributed by atoms with Crippen LogP contribution in [-0.2, 0) is 0 Å². The van der Waals surface area contributed by atoms with Crippen molar-refractivity contribution in [3.63, 3.8) is 0 Å². The summed E-state index contributed by atoms with van der Waals surface area (Å²) in [5, 5.41) is 9.90. The number of hydrogen-bond donors (Lipinski definition) is 0. The van der Waals surface area contributed by atoms with E-state index in [2.05, 4.69) is 10.3 Å². The minimum absolute atomic E-state index is 0. The van der Waals surface area contributed by atoms with Gasteiger partial charge >= 0.3 is 0 Å². The van der Waals surface area contributed by atoms with Crippen molar-refractivity contribution < 1.29 is 4.94 Å². The predicted octanol–water partition coefficient (Wildman–Crippen LogP) is 0.929. The minimum atomic E-state index is 0. The second-order valence-electron chi connectivity index (χ2n) is 3.67. The van der Waals surface area contributed by atoms with Gasteiger partial charge < -0.3 is 0 Å². The van der Waals surface area contributed by atoms with E-state index in [1.54, 1.807) is 0 Å². The summed E-state index contributed by atoms with van der Waals surface area (Å²) in [4.78, 5) is 7.09. The summed E-state index contributed by atoms with van der Waals surface area (Å²) in [5.74, 6) is 0. The Kier molecular flexibility index (Phi) is 3.36. The fraction of sp³-hybridized carbons (Fsp3) is 0.400. The molecule has 5 nitrogen and oxygen atoms in total. The molecule has 6 heteroatoms. The molecule has 16 heavy (non-hydrogen) atoms. The van der Waals surface area contributed by atoms with Crippen LogP contribution in [0.2, 0.25) is 0 Å². The summed E-state index contributed by atoms with van der Waals surface area (Å²) >= 11 is 0. The third kappa shape index (κ3) is 2.01. The summed E-state index contributed by atoms with van der Waals surface area (Å²) in [6, 6.07) is 7.77. The SMILES string of the molecule is P.c1ccc2c(c1)nnn2ON1CCCC1. The maximum Gasteiger partial charge on any atom is 0.133 e. The lowest BCUT2D eigenvalue weighted by molar-refractivity contribution is -0.156. The van der Waals surface area contributed by atoms with Gasteiger partial charge in [0.05, 0.1) is 0 Å². The average Bonchev–Trinajstić information content (AvgIpc) is 2.89. The van der Waals surface area contributed by atoms with E-state index >= 15 is 0 Å². The van der Waals surface area contributed by atoms with Crippen LogP contribution in [0.25, 0.3) is 11.0 Å². The summed E-state index contributed by atoms with van der Waals surface area (Å²) in [7, 11) is 0. The van der Waals surface area contributed by atoms with E-state index in [0.717, 1.165) is 24.1 Å². The van der Waals surface area contributed by atoms with Crippen molar-refractivity contribution in [2.75, 3.05) is 13.1 Å². The first-order valence-electron chi connectivity index (χ1n) is 5.17. The standard InChI is InChI=1S/C10H12N4O.H3P/c1-2-6-10-9(5-1)11-12-14(10)15-13-7-3-4-8-13;/h1-2,5-6H,3-4,7-8H2;1H3. The molecule has 1 aromatic carbocycles. The molecule has 1 saturated heterocycles. The van der Waals surface area contributed by atoms with Crippen molar-refractivity contribution in [3.05, 3.63) is 24.3 Å². The number of rotatable bonds is 2. The molecule has 1 unspecified atom stereocenters. The van der Waals surface area contributed by atoms with Crippen molar-refractivity contribution in [2.24, 2.45) is 0 Å². The zero-order chi connectivity index (χ0) is 10.1. The minimum Gasteiger partial charge on any atom is -0.296 e.